The first-order valence-electron chi connectivity index (χ1n) is 6.94. The highest BCUT2D eigenvalue weighted by Crippen LogP contribution is 2.42. The van der Waals surface area contributed by atoms with Crippen LogP contribution in [0.25, 0.3) is 10.9 Å². The van der Waals surface area contributed by atoms with Crippen LogP contribution >= 0.6 is 0 Å². The van der Waals surface area contributed by atoms with Gasteiger partial charge in [0.2, 0.25) is 0 Å². The average Bonchev–Trinajstić information content (AvgIpc) is 2.86. The summed E-state index contributed by atoms with van der Waals surface area (Å²) < 4.78 is 5.50. The normalized spacial score (nSPS) is 25.4. The Bertz CT molecular complexity index is 573. The molecule has 1 aromatic heterocycles. The van der Waals surface area contributed by atoms with Crippen molar-refractivity contribution in [3.8, 4) is 0 Å². The van der Waals surface area contributed by atoms with Crippen molar-refractivity contribution in [3.05, 3.63) is 36.0 Å². The minimum absolute atomic E-state index is 0.223. The van der Waals surface area contributed by atoms with Crippen LogP contribution in [0.1, 0.15) is 25.8 Å². The summed E-state index contributed by atoms with van der Waals surface area (Å²) in [6.45, 7) is 5.47. The molecule has 3 nitrogen and oxygen atoms in total. The van der Waals surface area contributed by atoms with Gasteiger partial charge in [-0.2, -0.15) is 0 Å². The van der Waals surface area contributed by atoms with Crippen LogP contribution in [-0.2, 0) is 11.3 Å². The second-order valence-corrected chi connectivity index (χ2v) is 6.07. The van der Waals surface area contributed by atoms with E-state index in [9.17, 15) is 0 Å². The van der Waals surface area contributed by atoms with Gasteiger partial charge in [0.05, 0.1) is 6.10 Å². The van der Waals surface area contributed by atoms with Crippen molar-refractivity contribution in [2.75, 3.05) is 7.11 Å². The number of rotatable bonds is 4. The maximum atomic E-state index is 5.50. The van der Waals surface area contributed by atoms with Crippen LogP contribution < -0.4 is 5.32 Å². The zero-order valence-corrected chi connectivity index (χ0v) is 11.9. The molecule has 0 spiro atoms. The molecule has 0 amide bonds. The highest BCUT2D eigenvalue weighted by atomic mass is 16.5. The second-order valence-electron chi connectivity index (χ2n) is 6.07. The Balaban J connectivity index is 1.69. The molecule has 1 fully saturated rings. The predicted octanol–water partition coefficient (Wildman–Crippen LogP) is 3.07. The molecule has 3 rings (SSSR count). The van der Waals surface area contributed by atoms with Gasteiger partial charge in [-0.1, -0.05) is 26.0 Å². The fourth-order valence-electron chi connectivity index (χ4n) is 3.17. The molecular weight excluding hydrogens is 236 g/mol. The summed E-state index contributed by atoms with van der Waals surface area (Å²) in [6, 6.07) is 9.11. The first-order chi connectivity index (χ1) is 9.13. The zero-order chi connectivity index (χ0) is 13.5. The van der Waals surface area contributed by atoms with Crippen LogP contribution in [0.3, 0.4) is 0 Å². The number of methoxy groups -OCH3 is 1. The fourth-order valence-corrected chi connectivity index (χ4v) is 3.17. The van der Waals surface area contributed by atoms with E-state index in [1.165, 1.54) is 16.5 Å². The van der Waals surface area contributed by atoms with E-state index < -0.39 is 0 Å². The molecule has 2 atom stereocenters. The standard InChI is InChI=1S/C16H22N2O/c1-16(2)14(9-15(16)19-3)18-10-11-5-4-6-13-12(11)7-8-17-13/h4-8,14-15,17-18H,9-10H2,1-3H3. The van der Waals surface area contributed by atoms with Crippen LogP contribution in [0.2, 0.25) is 0 Å². The monoisotopic (exact) mass is 258 g/mol. The Kier molecular flexibility index (Phi) is 3.11. The van der Waals surface area contributed by atoms with E-state index in [2.05, 4.69) is 48.4 Å². The van der Waals surface area contributed by atoms with Crippen molar-refractivity contribution < 1.29 is 4.74 Å². The van der Waals surface area contributed by atoms with Gasteiger partial charge in [-0.15, -0.1) is 0 Å². The third-order valence-corrected chi connectivity index (χ3v) is 4.69. The minimum Gasteiger partial charge on any atom is -0.381 e. The van der Waals surface area contributed by atoms with Gasteiger partial charge in [0, 0.05) is 42.2 Å². The van der Waals surface area contributed by atoms with E-state index in [0.29, 0.717) is 12.1 Å². The molecule has 0 bridgehead atoms. The molecule has 1 aliphatic rings. The van der Waals surface area contributed by atoms with Crippen molar-refractivity contribution >= 4 is 10.9 Å². The number of fused-ring (bicyclic) bond motifs is 1. The number of aromatic nitrogens is 1. The number of H-pyrrole nitrogens is 1. The number of benzene rings is 1. The van der Waals surface area contributed by atoms with Crippen LogP contribution in [0.5, 0.6) is 0 Å². The van der Waals surface area contributed by atoms with E-state index in [1.807, 2.05) is 13.3 Å². The summed E-state index contributed by atoms with van der Waals surface area (Å²) in [6.07, 6.45) is 3.49. The smallest absolute Gasteiger partial charge is 0.0652 e. The first-order valence-corrected chi connectivity index (χ1v) is 6.94. The van der Waals surface area contributed by atoms with Crippen molar-refractivity contribution in [3.63, 3.8) is 0 Å². The van der Waals surface area contributed by atoms with Gasteiger partial charge in [0.25, 0.3) is 0 Å². The van der Waals surface area contributed by atoms with E-state index >= 15 is 0 Å². The summed E-state index contributed by atoms with van der Waals surface area (Å²) in [5.41, 5.74) is 2.79. The lowest BCUT2D eigenvalue weighted by atomic mass is 9.64. The van der Waals surface area contributed by atoms with Gasteiger partial charge >= 0.3 is 0 Å². The molecule has 0 radical (unpaired) electrons. The number of ether oxygens (including phenoxy) is 1. The second kappa shape index (κ2) is 4.66. The summed E-state index contributed by atoms with van der Waals surface area (Å²) in [5, 5.41) is 4.99. The summed E-state index contributed by atoms with van der Waals surface area (Å²) >= 11 is 0. The maximum Gasteiger partial charge on any atom is 0.0652 e. The molecule has 2 unspecified atom stereocenters. The Morgan fingerprint density at radius 2 is 2.21 bits per heavy atom. The molecule has 1 saturated carbocycles. The van der Waals surface area contributed by atoms with E-state index in [-0.39, 0.29) is 5.41 Å². The van der Waals surface area contributed by atoms with Gasteiger partial charge in [-0.3, -0.25) is 0 Å². The van der Waals surface area contributed by atoms with Crippen LogP contribution in [-0.4, -0.2) is 24.2 Å². The highest BCUT2D eigenvalue weighted by molar-refractivity contribution is 5.82. The number of hydrogen-bond donors (Lipinski definition) is 2. The van der Waals surface area contributed by atoms with Gasteiger partial charge in [0.1, 0.15) is 0 Å². The third-order valence-electron chi connectivity index (χ3n) is 4.69. The largest absolute Gasteiger partial charge is 0.381 e. The molecule has 1 aromatic carbocycles. The summed E-state index contributed by atoms with van der Waals surface area (Å²) in [5.74, 6) is 0. The Labute approximate surface area is 114 Å². The Morgan fingerprint density at radius 1 is 1.37 bits per heavy atom. The van der Waals surface area contributed by atoms with Crippen molar-refractivity contribution in [1.82, 2.24) is 10.3 Å². The number of hydrogen-bond acceptors (Lipinski definition) is 2. The fraction of sp³-hybridized carbons (Fsp3) is 0.500. The van der Waals surface area contributed by atoms with E-state index in [4.69, 9.17) is 4.74 Å². The molecule has 1 heterocycles. The lowest BCUT2D eigenvalue weighted by molar-refractivity contribution is -0.0978. The van der Waals surface area contributed by atoms with E-state index in [1.54, 1.807) is 0 Å². The lowest BCUT2D eigenvalue weighted by Gasteiger charge is -2.51. The molecule has 2 aromatic rings. The Morgan fingerprint density at radius 3 is 2.95 bits per heavy atom. The van der Waals surface area contributed by atoms with Crippen molar-refractivity contribution in [2.24, 2.45) is 5.41 Å². The van der Waals surface area contributed by atoms with Gasteiger partial charge < -0.3 is 15.0 Å². The van der Waals surface area contributed by atoms with Crippen molar-refractivity contribution in [1.29, 1.82) is 0 Å². The SMILES string of the molecule is COC1CC(NCc2cccc3[nH]ccc23)C1(C)C. The van der Waals surface area contributed by atoms with Crippen LogP contribution in [0.15, 0.2) is 30.5 Å². The van der Waals surface area contributed by atoms with Gasteiger partial charge in [-0.25, -0.2) is 0 Å². The minimum atomic E-state index is 0.223. The first kappa shape index (κ1) is 12.7. The molecular formula is C16H22N2O. The summed E-state index contributed by atoms with van der Waals surface area (Å²) in [4.78, 5) is 3.26. The van der Waals surface area contributed by atoms with Crippen LogP contribution in [0.4, 0.5) is 0 Å². The number of nitrogens with one attached hydrogen (secondary N) is 2. The zero-order valence-electron chi connectivity index (χ0n) is 11.9. The average molecular weight is 258 g/mol. The summed E-state index contributed by atoms with van der Waals surface area (Å²) in [7, 11) is 1.81. The topological polar surface area (TPSA) is 37.0 Å². The molecule has 19 heavy (non-hydrogen) atoms. The van der Waals surface area contributed by atoms with Gasteiger partial charge in [-0.05, 0) is 24.1 Å². The highest BCUT2D eigenvalue weighted by Gasteiger charge is 2.48. The molecule has 2 N–H and O–H groups in total. The Hall–Kier alpha value is -1.32. The van der Waals surface area contributed by atoms with E-state index in [0.717, 1.165) is 13.0 Å². The predicted molar refractivity (Wildman–Crippen MR) is 78.1 cm³/mol. The quantitative estimate of drug-likeness (QED) is 0.884. The van der Waals surface area contributed by atoms with Gasteiger partial charge in [0.15, 0.2) is 0 Å². The number of aromatic amines is 1. The molecule has 1 aliphatic carbocycles. The van der Waals surface area contributed by atoms with Crippen LogP contribution in [0, 0.1) is 5.41 Å². The lowest BCUT2D eigenvalue weighted by Crippen LogP contribution is -2.60. The molecule has 3 heteroatoms. The van der Waals surface area contributed by atoms with Crippen molar-refractivity contribution in [2.45, 2.75) is 39.0 Å². The molecule has 0 saturated heterocycles. The third kappa shape index (κ3) is 2.07. The maximum absolute atomic E-state index is 5.50. The molecule has 0 aliphatic heterocycles. The molecule has 102 valence electrons.